The molecule has 0 amide bonds. The van der Waals surface area contributed by atoms with Crippen LogP contribution in [0.2, 0.25) is 0 Å². The minimum Gasteiger partial charge on any atom is -0.453 e. The summed E-state index contributed by atoms with van der Waals surface area (Å²) in [6, 6.07) is 13.7. The number of carbonyl (C=O) groups excluding carboxylic acids is 1. The summed E-state index contributed by atoms with van der Waals surface area (Å²) in [5.74, 6) is -0.722. The van der Waals surface area contributed by atoms with Gasteiger partial charge in [0, 0.05) is 12.0 Å². The summed E-state index contributed by atoms with van der Waals surface area (Å²) in [6.45, 7) is 0. The number of fused-ring (bicyclic) bond motifs is 1. The Morgan fingerprint density at radius 3 is 2.61 bits per heavy atom. The first-order valence-electron chi connectivity index (χ1n) is 5.79. The fourth-order valence-electron chi connectivity index (χ4n) is 2.24. The average molecular weight is 242 g/mol. The maximum absolute atomic E-state index is 13.7. The van der Waals surface area contributed by atoms with Crippen LogP contribution in [0.3, 0.4) is 0 Å². The Kier molecular flexibility index (Phi) is 2.59. The predicted molar refractivity (Wildman–Crippen MR) is 64.7 cm³/mol. The summed E-state index contributed by atoms with van der Waals surface area (Å²) in [5.41, 5.74) is 1.91. The number of benzene rings is 2. The van der Waals surface area contributed by atoms with Gasteiger partial charge in [0.05, 0.1) is 5.56 Å². The van der Waals surface area contributed by atoms with Crippen molar-refractivity contribution in [3.05, 3.63) is 71.0 Å². The fraction of sp³-hybridized carbons (Fsp3) is 0.133. The molecule has 90 valence electrons. The molecule has 0 saturated carbocycles. The van der Waals surface area contributed by atoms with Crippen molar-refractivity contribution >= 4 is 5.97 Å². The molecule has 3 rings (SSSR count). The summed E-state index contributed by atoms with van der Waals surface area (Å²) in [4.78, 5) is 11.8. The normalized spacial score (nSPS) is 18.1. The number of halogens is 1. The third-order valence-electron chi connectivity index (χ3n) is 3.14. The average Bonchev–Trinajstić information content (AvgIpc) is 2.39. The molecule has 0 N–H and O–H groups in total. The second-order valence-electron chi connectivity index (χ2n) is 4.28. The van der Waals surface area contributed by atoms with Gasteiger partial charge in [-0.2, -0.15) is 0 Å². The first kappa shape index (κ1) is 11.0. The highest BCUT2D eigenvalue weighted by atomic mass is 19.1. The molecule has 0 aliphatic carbocycles. The Balaban J connectivity index is 2.00. The van der Waals surface area contributed by atoms with Crippen LogP contribution in [0.25, 0.3) is 0 Å². The molecule has 2 aromatic carbocycles. The van der Waals surface area contributed by atoms with Gasteiger partial charge in [0.15, 0.2) is 0 Å². The molecule has 3 heteroatoms. The van der Waals surface area contributed by atoms with Crippen molar-refractivity contribution < 1.29 is 13.9 Å². The number of esters is 1. The summed E-state index contributed by atoms with van der Waals surface area (Å²) < 4.78 is 19.0. The highest BCUT2D eigenvalue weighted by Crippen LogP contribution is 2.31. The van der Waals surface area contributed by atoms with Crippen LogP contribution in [0.5, 0.6) is 0 Å². The molecule has 0 spiro atoms. The molecule has 2 nitrogen and oxygen atoms in total. The second kappa shape index (κ2) is 4.26. The lowest BCUT2D eigenvalue weighted by atomic mass is 9.94. The van der Waals surface area contributed by atoms with E-state index in [2.05, 4.69) is 0 Å². The van der Waals surface area contributed by atoms with E-state index in [1.54, 1.807) is 30.3 Å². The van der Waals surface area contributed by atoms with Crippen LogP contribution in [0.4, 0.5) is 4.39 Å². The monoisotopic (exact) mass is 242 g/mol. The minimum absolute atomic E-state index is 0.338. The third-order valence-corrected chi connectivity index (χ3v) is 3.14. The smallest absolute Gasteiger partial charge is 0.339 e. The number of ether oxygens (including phenoxy) is 1. The lowest BCUT2D eigenvalue weighted by Crippen LogP contribution is -2.22. The van der Waals surface area contributed by atoms with Crippen LogP contribution in [-0.4, -0.2) is 5.97 Å². The van der Waals surface area contributed by atoms with Crippen LogP contribution in [-0.2, 0) is 11.2 Å². The summed E-state index contributed by atoms with van der Waals surface area (Å²) in [5, 5.41) is 0. The molecule has 18 heavy (non-hydrogen) atoms. The van der Waals surface area contributed by atoms with E-state index in [0.29, 0.717) is 17.5 Å². The van der Waals surface area contributed by atoms with Gasteiger partial charge >= 0.3 is 5.97 Å². The van der Waals surface area contributed by atoms with Gasteiger partial charge in [-0.3, -0.25) is 0 Å². The summed E-state index contributed by atoms with van der Waals surface area (Å²) in [7, 11) is 0. The fourth-order valence-corrected chi connectivity index (χ4v) is 2.24. The van der Waals surface area contributed by atoms with E-state index in [9.17, 15) is 9.18 Å². The molecule has 0 bridgehead atoms. The molecule has 0 unspecified atom stereocenters. The van der Waals surface area contributed by atoms with E-state index in [1.165, 1.54) is 6.07 Å². The van der Waals surface area contributed by atoms with Gasteiger partial charge in [-0.25, -0.2) is 9.18 Å². The molecule has 1 atom stereocenters. The number of hydrogen-bond acceptors (Lipinski definition) is 2. The summed E-state index contributed by atoms with van der Waals surface area (Å²) in [6.07, 6.45) is -0.0170. The van der Waals surface area contributed by atoms with Gasteiger partial charge in [0.1, 0.15) is 11.9 Å². The van der Waals surface area contributed by atoms with Crippen LogP contribution >= 0.6 is 0 Å². The van der Waals surface area contributed by atoms with Gasteiger partial charge in [-0.1, -0.05) is 36.4 Å². The molecular weight excluding hydrogens is 231 g/mol. The van der Waals surface area contributed by atoms with Gasteiger partial charge < -0.3 is 4.74 Å². The Morgan fingerprint density at radius 2 is 1.78 bits per heavy atom. The molecule has 1 aliphatic heterocycles. The van der Waals surface area contributed by atoms with Crippen molar-refractivity contribution in [1.29, 1.82) is 0 Å². The highest BCUT2D eigenvalue weighted by molar-refractivity contribution is 5.92. The third kappa shape index (κ3) is 1.78. The van der Waals surface area contributed by atoms with Crippen molar-refractivity contribution in [2.75, 3.05) is 0 Å². The molecule has 2 aromatic rings. The number of rotatable bonds is 1. The molecule has 1 heterocycles. The largest absolute Gasteiger partial charge is 0.453 e. The Labute approximate surface area is 104 Å². The molecule has 0 fully saturated rings. The van der Waals surface area contributed by atoms with Crippen molar-refractivity contribution in [3.8, 4) is 0 Å². The maximum atomic E-state index is 13.7. The van der Waals surface area contributed by atoms with Crippen molar-refractivity contribution in [3.63, 3.8) is 0 Å². The van der Waals surface area contributed by atoms with E-state index in [0.717, 1.165) is 5.56 Å². The molecule has 1 aliphatic rings. The standard InChI is InChI=1S/C15H11FO2/c16-13-8-4-3-7-12(13)14-9-10-5-1-2-6-11(10)15(17)18-14/h1-8,14H,9H2/t14-/m0/s1. The first-order chi connectivity index (χ1) is 8.75. The van der Waals surface area contributed by atoms with Gasteiger partial charge in [-0.05, 0) is 17.7 Å². The van der Waals surface area contributed by atoms with Gasteiger partial charge in [0.2, 0.25) is 0 Å². The van der Waals surface area contributed by atoms with Gasteiger partial charge in [-0.15, -0.1) is 0 Å². The number of carbonyl (C=O) groups is 1. The Hall–Kier alpha value is -2.16. The first-order valence-corrected chi connectivity index (χ1v) is 5.79. The SMILES string of the molecule is O=C1O[C@H](c2ccccc2F)Cc2ccccc21. The van der Waals surface area contributed by atoms with Crippen LogP contribution in [0, 0.1) is 5.82 Å². The van der Waals surface area contributed by atoms with Crippen LogP contribution < -0.4 is 0 Å². The van der Waals surface area contributed by atoms with E-state index in [1.807, 2.05) is 12.1 Å². The Bertz CT molecular complexity index is 607. The van der Waals surface area contributed by atoms with Crippen LogP contribution in [0.1, 0.15) is 27.6 Å². The molecule has 0 saturated heterocycles. The van der Waals surface area contributed by atoms with Crippen LogP contribution in [0.15, 0.2) is 48.5 Å². The number of hydrogen-bond donors (Lipinski definition) is 0. The molecule has 0 aromatic heterocycles. The topological polar surface area (TPSA) is 26.3 Å². The van der Waals surface area contributed by atoms with E-state index >= 15 is 0 Å². The highest BCUT2D eigenvalue weighted by Gasteiger charge is 2.28. The van der Waals surface area contributed by atoms with E-state index in [4.69, 9.17) is 4.74 Å². The summed E-state index contributed by atoms with van der Waals surface area (Å²) >= 11 is 0. The molecule has 0 radical (unpaired) electrons. The molecular formula is C15H11FO2. The predicted octanol–water partition coefficient (Wildman–Crippen LogP) is 3.28. The zero-order valence-electron chi connectivity index (χ0n) is 9.60. The lowest BCUT2D eigenvalue weighted by Gasteiger charge is -2.25. The van der Waals surface area contributed by atoms with E-state index in [-0.39, 0.29) is 11.8 Å². The quantitative estimate of drug-likeness (QED) is 0.717. The number of cyclic esters (lactones) is 1. The van der Waals surface area contributed by atoms with Crippen molar-refractivity contribution in [1.82, 2.24) is 0 Å². The second-order valence-corrected chi connectivity index (χ2v) is 4.28. The zero-order valence-corrected chi connectivity index (χ0v) is 9.60. The van der Waals surface area contributed by atoms with Crippen molar-refractivity contribution in [2.24, 2.45) is 0 Å². The minimum atomic E-state index is -0.534. The van der Waals surface area contributed by atoms with Gasteiger partial charge in [0.25, 0.3) is 0 Å². The van der Waals surface area contributed by atoms with Crippen molar-refractivity contribution in [2.45, 2.75) is 12.5 Å². The lowest BCUT2D eigenvalue weighted by molar-refractivity contribution is 0.0245. The van der Waals surface area contributed by atoms with E-state index < -0.39 is 6.10 Å². The maximum Gasteiger partial charge on any atom is 0.339 e. The zero-order chi connectivity index (χ0) is 12.5. The Morgan fingerprint density at radius 1 is 1.06 bits per heavy atom.